The van der Waals surface area contributed by atoms with E-state index in [0.717, 1.165) is 19.5 Å². The highest BCUT2D eigenvalue weighted by atomic mass is 32.2. The molecule has 1 fully saturated rings. The molecule has 0 radical (unpaired) electrons. The number of piperidine rings is 1. The van der Waals surface area contributed by atoms with Crippen LogP contribution in [0, 0.1) is 5.92 Å². The summed E-state index contributed by atoms with van der Waals surface area (Å²) in [5.41, 5.74) is -4.13. The minimum atomic E-state index is -4.13. The minimum Gasteiger partial charge on any atom is -0.381 e. The lowest BCUT2D eigenvalue weighted by atomic mass is 9.97. The van der Waals surface area contributed by atoms with Crippen molar-refractivity contribution in [2.45, 2.75) is 24.8 Å². The Morgan fingerprint density at radius 2 is 2.12 bits per heavy atom. The monoisotopic (exact) mass is 257 g/mol. The third-order valence-corrected chi connectivity index (χ3v) is 3.26. The number of alkyl halides is 3. The first-order valence-electron chi connectivity index (χ1n) is 5.57. The summed E-state index contributed by atoms with van der Waals surface area (Å²) in [6.45, 7) is 2.86. The Morgan fingerprint density at radius 3 is 2.75 bits per heavy atom. The maximum atomic E-state index is 11.8. The van der Waals surface area contributed by atoms with Crippen molar-refractivity contribution in [2.24, 2.45) is 5.92 Å². The van der Waals surface area contributed by atoms with Gasteiger partial charge in [-0.25, -0.2) is 0 Å². The predicted octanol–water partition coefficient (Wildman–Crippen LogP) is 2.65. The largest absolute Gasteiger partial charge is 0.441 e. The molecule has 2 nitrogen and oxygen atoms in total. The first kappa shape index (κ1) is 14.1. The van der Waals surface area contributed by atoms with Gasteiger partial charge in [0.25, 0.3) is 0 Å². The molecule has 1 N–H and O–H groups in total. The molecule has 0 saturated carbocycles. The van der Waals surface area contributed by atoms with Crippen LogP contribution in [-0.4, -0.2) is 37.6 Å². The van der Waals surface area contributed by atoms with Crippen LogP contribution in [0.15, 0.2) is 0 Å². The van der Waals surface area contributed by atoms with Crippen molar-refractivity contribution in [1.82, 2.24) is 5.32 Å². The standard InChI is InChI=1S/C10H18F3NOS/c11-10(12,13)16-7-6-15-5-3-9-2-1-4-14-8-9/h9,14H,1-8H2. The Bertz CT molecular complexity index is 183. The van der Waals surface area contributed by atoms with Gasteiger partial charge in [0.1, 0.15) is 0 Å². The average molecular weight is 257 g/mol. The van der Waals surface area contributed by atoms with E-state index in [9.17, 15) is 13.2 Å². The van der Waals surface area contributed by atoms with E-state index in [1.54, 1.807) is 0 Å². The van der Waals surface area contributed by atoms with Gasteiger partial charge in [0.2, 0.25) is 0 Å². The van der Waals surface area contributed by atoms with Gasteiger partial charge < -0.3 is 10.1 Å². The van der Waals surface area contributed by atoms with E-state index in [-0.39, 0.29) is 24.1 Å². The number of thioether (sulfide) groups is 1. The van der Waals surface area contributed by atoms with E-state index < -0.39 is 5.51 Å². The lowest BCUT2D eigenvalue weighted by Gasteiger charge is -2.22. The average Bonchev–Trinajstić information content (AvgIpc) is 2.23. The smallest absolute Gasteiger partial charge is 0.381 e. The van der Waals surface area contributed by atoms with Crippen LogP contribution in [0.3, 0.4) is 0 Å². The normalized spacial score (nSPS) is 22.3. The van der Waals surface area contributed by atoms with Crippen LogP contribution in [0.4, 0.5) is 13.2 Å². The van der Waals surface area contributed by atoms with Gasteiger partial charge in [-0.05, 0) is 50.0 Å². The maximum Gasteiger partial charge on any atom is 0.441 e. The summed E-state index contributed by atoms with van der Waals surface area (Å²) in [7, 11) is 0. The third-order valence-electron chi connectivity index (χ3n) is 2.56. The molecule has 1 saturated heterocycles. The highest BCUT2D eigenvalue weighted by Gasteiger charge is 2.27. The topological polar surface area (TPSA) is 21.3 Å². The summed E-state index contributed by atoms with van der Waals surface area (Å²) >= 11 is -0.0178. The molecule has 0 amide bonds. The molecule has 16 heavy (non-hydrogen) atoms. The number of hydrogen-bond donors (Lipinski definition) is 1. The van der Waals surface area contributed by atoms with Crippen LogP contribution in [0.5, 0.6) is 0 Å². The van der Waals surface area contributed by atoms with E-state index in [4.69, 9.17) is 4.74 Å². The first-order chi connectivity index (χ1) is 7.58. The van der Waals surface area contributed by atoms with Crippen molar-refractivity contribution in [2.75, 3.05) is 32.1 Å². The second kappa shape index (κ2) is 7.40. The second-order valence-electron chi connectivity index (χ2n) is 3.91. The molecule has 6 heteroatoms. The summed E-state index contributed by atoms with van der Waals surface area (Å²) < 4.78 is 40.4. The Labute approximate surface area is 98.3 Å². The zero-order valence-corrected chi connectivity index (χ0v) is 10.0. The van der Waals surface area contributed by atoms with E-state index in [1.807, 2.05) is 0 Å². The molecule has 1 heterocycles. The summed E-state index contributed by atoms with van der Waals surface area (Å²) in [4.78, 5) is 0. The van der Waals surface area contributed by atoms with Crippen molar-refractivity contribution in [1.29, 1.82) is 0 Å². The van der Waals surface area contributed by atoms with E-state index >= 15 is 0 Å². The fourth-order valence-corrected chi connectivity index (χ4v) is 2.17. The van der Waals surface area contributed by atoms with Gasteiger partial charge in [-0.3, -0.25) is 0 Å². The number of ether oxygens (including phenoxy) is 1. The molecule has 0 aliphatic carbocycles. The van der Waals surface area contributed by atoms with Gasteiger partial charge in [-0.1, -0.05) is 0 Å². The zero-order chi connectivity index (χ0) is 11.9. The Morgan fingerprint density at radius 1 is 1.31 bits per heavy atom. The highest BCUT2D eigenvalue weighted by molar-refractivity contribution is 8.00. The van der Waals surface area contributed by atoms with Crippen molar-refractivity contribution in [3.63, 3.8) is 0 Å². The second-order valence-corrected chi connectivity index (χ2v) is 5.07. The van der Waals surface area contributed by atoms with Crippen LogP contribution in [-0.2, 0) is 4.74 Å². The van der Waals surface area contributed by atoms with Crippen molar-refractivity contribution in [3.8, 4) is 0 Å². The molecule has 1 aliphatic rings. The molecular formula is C10H18F3NOS. The van der Waals surface area contributed by atoms with Crippen LogP contribution in [0.1, 0.15) is 19.3 Å². The summed E-state index contributed by atoms with van der Waals surface area (Å²) in [5, 5.41) is 3.30. The first-order valence-corrected chi connectivity index (χ1v) is 6.55. The molecule has 1 atom stereocenters. The molecule has 1 rings (SSSR count). The van der Waals surface area contributed by atoms with Gasteiger partial charge in [0.15, 0.2) is 0 Å². The van der Waals surface area contributed by atoms with Gasteiger partial charge in [0, 0.05) is 12.4 Å². The molecule has 1 aliphatic heterocycles. The molecule has 0 spiro atoms. The number of halogens is 3. The molecule has 0 aromatic carbocycles. The number of rotatable bonds is 6. The van der Waals surface area contributed by atoms with Crippen molar-refractivity contribution < 1.29 is 17.9 Å². The predicted molar refractivity (Wildman–Crippen MR) is 59.5 cm³/mol. The van der Waals surface area contributed by atoms with E-state index in [1.165, 1.54) is 12.8 Å². The van der Waals surface area contributed by atoms with Gasteiger partial charge in [-0.15, -0.1) is 0 Å². The van der Waals surface area contributed by atoms with Gasteiger partial charge in [0.05, 0.1) is 6.61 Å². The minimum absolute atomic E-state index is 0.00752. The Hall–Kier alpha value is 0.0600. The third kappa shape index (κ3) is 7.35. The Kier molecular flexibility index (Phi) is 6.53. The van der Waals surface area contributed by atoms with E-state index in [0.29, 0.717) is 12.5 Å². The molecule has 0 aromatic rings. The number of hydrogen-bond acceptors (Lipinski definition) is 3. The van der Waals surface area contributed by atoms with Crippen LogP contribution in [0.2, 0.25) is 0 Å². The molecule has 96 valence electrons. The molecule has 1 unspecified atom stereocenters. The zero-order valence-electron chi connectivity index (χ0n) is 9.18. The van der Waals surface area contributed by atoms with Crippen LogP contribution >= 0.6 is 11.8 Å². The summed E-state index contributed by atoms with van der Waals surface area (Å²) in [5.74, 6) is 0.621. The maximum absolute atomic E-state index is 11.8. The van der Waals surface area contributed by atoms with Crippen molar-refractivity contribution >= 4 is 11.8 Å². The molecule has 0 bridgehead atoms. The van der Waals surface area contributed by atoms with E-state index in [2.05, 4.69) is 5.32 Å². The van der Waals surface area contributed by atoms with Crippen LogP contribution in [0.25, 0.3) is 0 Å². The SMILES string of the molecule is FC(F)(F)SCCOCCC1CCCNC1. The Balaban J connectivity index is 1.87. The summed E-state index contributed by atoms with van der Waals surface area (Å²) in [6, 6.07) is 0. The summed E-state index contributed by atoms with van der Waals surface area (Å²) in [6.07, 6.45) is 3.34. The lowest BCUT2D eigenvalue weighted by molar-refractivity contribution is -0.0331. The van der Waals surface area contributed by atoms with Crippen LogP contribution < -0.4 is 5.32 Å². The fourth-order valence-electron chi connectivity index (χ4n) is 1.74. The fraction of sp³-hybridized carbons (Fsp3) is 1.00. The van der Waals surface area contributed by atoms with Gasteiger partial charge in [-0.2, -0.15) is 13.2 Å². The van der Waals surface area contributed by atoms with Gasteiger partial charge >= 0.3 is 5.51 Å². The quantitative estimate of drug-likeness (QED) is 0.739. The van der Waals surface area contributed by atoms with Crippen molar-refractivity contribution in [3.05, 3.63) is 0 Å². The molecule has 0 aromatic heterocycles. The lowest BCUT2D eigenvalue weighted by Crippen LogP contribution is -2.30. The highest BCUT2D eigenvalue weighted by Crippen LogP contribution is 2.29. The number of nitrogens with one attached hydrogen (secondary N) is 1. The molecular weight excluding hydrogens is 239 g/mol.